The lowest BCUT2D eigenvalue weighted by Crippen LogP contribution is -2.21. The lowest BCUT2D eigenvalue weighted by Gasteiger charge is -2.18. The summed E-state index contributed by atoms with van der Waals surface area (Å²) in [5.41, 5.74) is 7.79. The summed E-state index contributed by atoms with van der Waals surface area (Å²) in [7, 11) is 0. The summed E-state index contributed by atoms with van der Waals surface area (Å²) in [6.45, 7) is 3.55. The van der Waals surface area contributed by atoms with E-state index in [-0.39, 0.29) is 0 Å². The van der Waals surface area contributed by atoms with Crippen molar-refractivity contribution in [1.82, 2.24) is 0 Å². The molecule has 0 aliphatic rings. The molecule has 84 valence electrons. The number of hydrogen-bond donors (Lipinski definition) is 1. The third kappa shape index (κ3) is 3.23. The van der Waals surface area contributed by atoms with Crippen LogP contribution in [0.2, 0.25) is 0 Å². The Hall–Kier alpha value is -1.03. The molecule has 0 aromatic heterocycles. The van der Waals surface area contributed by atoms with Crippen molar-refractivity contribution < 1.29 is 13.2 Å². The van der Waals surface area contributed by atoms with E-state index >= 15 is 0 Å². The van der Waals surface area contributed by atoms with Crippen molar-refractivity contribution in [2.45, 2.75) is 32.5 Å². The standard InChI is InChI=1S/C11H14F3N/c1-7-4-3-5-8(2)10(7)9(15)6-11(12,13)14/h3-5,9H,6,15H2,1-2H3. The van der Waals surface area contributed by atoms with Crippen LogP contribution in [-0.2, 0) is 0 Å². The summed E-state index contributed by atoms with van der Waals surface area (Å²) in [5.74, 6) is 0. The highest BCUT2D eigenvalue weighted by Gasteiger charge is 2.31. The van der Waals surface area contributed by atoms with E-state index in [1.165, 1.54) is 0 Å². The van der Waals surface area contributed by atoms with E-state index in [0.717, 1.165) is 11.1 Å². The van der Waals surface area contributed by atoms with E-state index < -0.39 is 18.6 Å². The van der Waals surface area contributed by atoms with Gasteiger partial charge in [0.1, 0.15) is 0 Å². The first-order chi connectivity index (χ1) is 6.81. The van der Waals surface area contributed by atoms with E-state index in [4.69, 9.17) is 5.73 Å². The maximum Gasteiger partial charge on any atom is 0.390 e. The summed E-state index contributed by atoms with van der Waals surface area (Å²) < 4.78 is 36.5. The Labute approximate surface area is 87.1 Å². The Morgan fingerprint density at radius 1 is 1.20 bits per heavy atom. The Morgan fingerprint density at radius 3 is 2.07 bits per heavy atom. The summed E-state index contributed by atoms with van der Waals surface area (Å²) in [5, 5.41) is 0. The Morgan fingerprint density at radius 2 is 1.67 bits per heavy atom. The molecule has 1 atom stereocenters. The molecule has 0 aliphatic carbocycles. The zero-order valence-electron chi connectivity index (χ0n) is 8.73. The zero-order valence-corrected chi connectivity index (χ0v) is 8.73. The van der Waals surface area contributed by atoms with E-state index in [2.05, 4.69) is 0 Å². The number of rotatable bonds is 2. The molecule has 2 N–H and O–H groups in total. The van der Waals surface area contributed by atoms with Crippen LogP contribution in [0.3, 0.4) is 0 Å². The molecule has 1 aromatic rings. The van der Waals surface area contributed by atoms with Crippen molar-refractivity contribution in [3.63, 3.8) is 0 Å². The van der Waals surface area contributed by atoms with Gasteiger partial charge < -0.3 is 5.73 Å². The molecular formula is C11H14F3N. The van der Waals surface area contributed by atoms with Crippen LogP contribution < -0.4 is 5.73 Å². The van der Waals surface area contributed by atoms with Gasteiger partial charge in [-0.05, 0) is 30.5 Å². The lowest BCUT2D eigenvalue weighted by atomic mass is 9.95. The molecule has 0 saturated carbocycles. The first-order valence-corrected chi connectivity index (χ1v) is 4.69. The summed E-state index contributed by atoms with van der Waals surface area (Å²) in [6.07, 6.45) is -5.19. The van der Waals surface area contributed by atoms with Crippen LogP contribution in [0.4, 0.5) is 13.2 Å². The van der Waals surface area contributed by atoms with Crippen molar-refractivity contribution in [2.24, 2.45) is 5.73 Å². The van der Waals surface area contributed by atoms with E-state index in [1.807, 2.05) is 6.07 Å². The quantitative estimate of drug-likeness (QED) is 0.808. The maximum atomic E-state index is 12.2. The smallest absolute Gasteiger partial charge is 0.324 e. The van der Waals surface area contributed by atoms with Gasteiger partial charge >= 0.3 is 6.18 Å². The Balaban J connectivity index is 2.96. The lowest BCUT2D eigenvalue weighted by molar-refractivity contribution is -0.138. The molecule has 1 rings (SSSR count). The highest BCUT2D eigenvalue weighted by molar-refractivity contribution is 5.35. The van der Waals surface area contributed by atoms with Gasteiger partial charge in [0.25, 0.3) is 0 Å². The normalized spacial score (nSPS) is 14.0. The highest BCUT2D eigenvalue weighted by atomic mass is 19.4. The van der Waals surface area contributed by atoms with Gasteiger partial charge in [-0.25, -0.2) is 0 Å². The molecule has 4 heteroatoms. The van der Waals surface area contributed by atoms with E-state index in [0.29, 0.717) is 5.56 Å². The van der Waals surface area contributed by atoms with Gasteiger partial charge in [-0.15, -0.1) is 0 Å². The molecule has 1 unspecified atom stereocenters. The van der Waals surface area contributed by atoms with Crippen molar-refractivity contribution in [3.8, 4) is 0 Å². The van der Waals surface area contributed by atoms with Crippen LogP contribution in [0.1, 0.15) is 29.2 Å². The fourth-order valence-electron chi connectivity index (χ4n) is 1.76. The largest absolute Gasteiger partial charge is 0.390 e. The van der Waals surface area contributed by atoms with Crippen LogP contribution >= 0.6 is 0 Å². The van der Waals surface area contributed by atoms with Crippen LogP contribution in [0, 0.1) is 13.8 Å². The van der Waals surface area contributed by atoms with Gasteiger partial charge in [-0.3, -0.25) is 0 Å². The molecule has 0 radical (unpaired) electrons. The molecule has 1 aromatic carbocycles. The molecule has 0 heterocycles. The fourth-order valence-corrected chi connectivity index (χ4v) is 1.76. The molecule has 0 fully saturated rings. The predicted molar refractivity (Wildman–Crippen MR) is 53.5 cm³/mol. The van der Waals surface area contributed by atoms with Crippen LogP contribution in [0.15, 0.2) is 18.2 Å². The number of nitrogens with two attached hydrogens (primary N) is 1. The second-order valence-corrected chi connectivity index (χ2v) is 3.73. The SMILES string of the molecule is Cc1cccc(C)c1C(N)CC(F)(F)F. The van der Waals surface area contributed by atoms with Crippen LogP contribution in [0.25, 0.3) is 0 Å². The second-order valence-electron chi connectivity index (χ2n) is 3.73. The minimum absolute atomic E-state index is 0.606. The molecule has 15 heavy (non-hydrogen) atoms. The highest BCUT2D eigenvalue weighted by Crippen LogP contribution is 2.30. The minimum atomic E-state index is -4.21. The Bertz CT molecular complexity index is 324. The molecule has 0 amide bonds. The van der Waals surface area contributed by atoms with Crippen molar-refractivity contribution >= 4 is 0 Å². The van der Waals surface area contributed by atoms with Crippen molar-refractivity contribution in [2.75, 3.05) is 0 Å². The van der Waals surface area contributed by atoms with Gasteiger partial charge in [-0.1, -0.05) is 18.2 Å². The van der Waals surface area contributed by atoms with Crippen molar-refractivity contribution in [3.05, 3.63) is 34.9 Å². The van der Waals surface area contributed by atoms with Crippen LogP contribution in [0.5, 0.6) is 0 Å². The molecule has 1 nitrogen and oxygen atoms in total. The van der Waals surface area contributed by atoms with Crippen LogP contribution in [-0.4, -0.2) is 6.18 Å². The minimum Gasteiger partial charge on any atom is -0.324 e. The topological polar surface area (TPSA) is 26.0 Å². The fraction of sp³-hybridized carbons (Fsp3) is 0.455. The van der Waals surface area contributed by atoms with E-state index in [9.17, 15) is 13.2 Å². The maximum absolute atomic E-state index is 12.2. The predicted octanol–water partition coefficient (Wildman–Crippen LogP) is 3.26. The van der Waals surface area contributed by atoms with Gasteiger partial charge in [0.05, 0.1) is 6.42 Å². The summed E-state index contributed by atoms with van der Waals surface area (Å²) in [6, 6.07) is 4.40. The summed E-state index contributed by atoms with van der Waals surface area (Å²) >= 11 is 0. The number of benzene rings is 1. The first kappa shape index (κ1) is 12.0. The second kappa shape index (κ2) is 4.23. The molecule has 0 spiro atoms. The monoisotopic (exact) mass is 217 g/mol. The third-order valence-electron chi connectivity index (χ3n) is 2.36. The molecule has 0 aliphatic heterocycles. The van der Waals surface area contributed by atoms with Gasteiger partial charge in [0.2, 0.25) is 0 Å². The average Bonchev–Trinajstić information content (AvgIpc) is 1.99. The molecule has 0 saturated heterocycles. The molecular weight excluding hydrogens is 203 g/mol. The third-order valence-corrected chi connectivity index (χ3v) is 2.36. The van der Waals surface area contributed by atoms with E-state index in [1.54, 1.807) is 26.0 Å². The first-order valence-electron chi connectivity index (χ1n) is 4.69. The number of aryl methyl sites for hydroxylation is 2. The summed E-state index contributed by atoms with van der Waals surface area (Å²) in [4.78, 5) is 0. The number of alkyl halides is 3. The number of hydrogen-bond acceptors (Lipinski definition) is 1. The average molecular weight is 217 g/mol. The van der Waals surface area contributed by atoms with Crippen molar-refractivity contribution in [1.29, 1.82) is 0 Å². The number of halogens is 3. The van der Waals surface area contributed by atoms with Gasteiger partial charge in [0.15, 0.2) is 0 Å². The zero-order chi connectivity index (χ0) is 11.6. The molecule has 0 bridgehead atoms. The Kier molecular flexibility index (Phi) is 3.39. The van der Waals surface area contributed by atoms with Gasteiger partial charge in [-0.2, -0.15) is 13.2 Å². The van der Waals surface area contributed by atoms with Gasteiger partial charge in [0, 0.05) is 6.04 Å².